The molecule has 0 fully saturated rings. The predicted molar refractivity (Wildman–Crippen MR) is 98.6 cm³/mol. The van der Waals surface area contributed by atoms with Crippen molar-refractivity contribution < 1.29 is 4.42 Å². The van der Waals surface area contributed by atoms with Gasteiger partial charge in [-0.15, -0.1) is 10.2 Å². The van der Waals surface area contributed by atoms with E-state index < -0.39 is 0 Å². The molecule has 3 heterocycles. The van der Waals surface area contributed by atoms with Gasteiger partial charge >= 0.3 is 0 Å². The summed E-state index contributed by atoms with van der Waals surface area (Å²) in [7, 11) is 0. The van der Waals surface area contributed by atoms with E-state index in [9.17, 15) is 4.79 Å². The normalized spacial score (nSPS) is 11.2. The maximum absolute atomic E-state index is 12.8. The minimum absolute atomic E-state index is 0.0231. The van der Waals surface area contributed by atoms with Gasteiger partial charge in [-0.25, -0.2) is 0 Å². The first kappa shape index (κ1) is 14.5. The number of fused-ring (bicyclic) bond motifs is 2. The average Bonchev–Trinajstić information content (AvgIpc) is 3.19. The van der Waals surface area contributed by atoms with Crippen LogP contribution < -0.4 is 5.43 Å². The van der Waals surface area contributed by atoms with E-state index in [-0.39, 0.29) is 5.43 Å². The Morgan fingerprint density at radius 3 is 2.46 bits per heavy atom. The molecule has 0 spiro atoms. The van der Waals surface area contributed by atoms with Gasteiger partial charge in [-0.05, 0) is 36.4 Å². The highest BCUT2D eigenvalue weighted by molar-refractivity contribution is 5.98. The first-order valence-electron chi connectivity index (χ1n) is 8.09. The predicted octanol–water partition coefficient (Wildman–Crippen LogP) is 3.79. The third-order valence-electron chi connectivity index (χ3n) is 4.32. The number of nitrogens with one attached hydrogen (secondary N) is 1. The van der Waals surface area contributed by atoms with E-state index in [1.165, 1.54) is 0 Å². The second-order valence-electron chi connectivity index (χ2n) is 5.88. The van der Waals surface area contributed by atoms with Gasteiger partial charge in [-0.3, -0.25) is 9.78 Å². The number of pyridine rings is 2. The van der Waals surface area contributed by atoms with E-state index in [2.05, 4.69) is 20.2 Å². The zero-order chi connectivity index (χ0) is 17.5. The minimum atomic E-state index is -0.0231. The molecular formula is C20H12N4O2. The molecule has 5 aromatic rings. The smallest absolute Gasteiger partial charge is 0.250 e. The number of aromatic nitrogens is 4. The molecule has 0 atom stereocenters. The Labute approximate surface area is 147 Å². The zero-order valence-electron chi connectivity index (χ0n) is 13.5. The highest BCUT2D eigenvalue weighted by Crippen LogP contribution is 2.28. The number of para-hydroxylation sites is 2. The second-order valence-corrected chi connectivity index (χ2v) is 5.88. The lowest BCUT2D eigenvalue weighted by molar-refractivity contribution is 0.585. The Bertz CT molecular complexity index is 1310. The molecule has 2 aromatic carbocycles. The summed E-state index contributed by atoms with van der Waals surface area (Å²) < 4.78 is 5.84. The Kier molecular flexibility index (Phi) is 3.15. The summed E-state index contributed by atoms with van der Waals surface area (Å²) in [6.45, 7) is 0. The maximum Gasteiger partial charge on any atom is 0.250 e. The molecule has 0 bridgehead atoms. The van der Waals surface area contributed by atoms with Crippen LogP contribution in [0.15, 0.2) is 76.2 Å². The summed E-state index contributed by atoms with van der Waals surface area (Å²) in [5.74, 6) is 0.760. The van der Waals surface area contributed by atoms with Gasteiger partial charge in [0.15, 0.2) is 5.43 Å². The zero-order valence-corrected chi connectivity index (χ0v) is 13.5. The fraction of sp³-hybridized carbons (Fsp3) is 0. The monoisotopic (exact) mass is 340 g/mol. The van der Waals surface area contributed by atoms with Crippen molar-refractivity contribution in [1.29, 1.82) is 0 Å². The molecule has 0 radical (unpaired) electrons. The number of rotatable bonds is 2. The topological polar surface area (TPSA) is 84.7 Å². The molecule has 0 amide bonds. The van der Waals surface area contributed by atoms with Crippen molar-refractivity contribution in [3.63, 3.8) is 0 Å². The third kappa shape index (κ3) is 2.20. The molecule has 3 aromatic heterocycles. The Balaban J connectivity index is 1.75. The first-order valence-corrected chi connectivity index (χ1v) is 8.09. The molecular weight excluding hydrogens is 328 g/mol. The molecule has 6 heteroatoms. The molecule has 0 aliphatic carbocycles. The van der Waals surface area contributed by atoms with Crippen molar-refractivity contribution >= 4 is 21.8 Å². The van der Waals surface area contributed by atoms with Crippen LogP contribution in [-0.2, 0) is 0 Å². The number of benzene rings is 2. The van der Waals surface area contributed by atoms with Crippen molar-refractivity contribution in [3.8, 4) is 22.9 Å². The molecule has 0 saturated heterocycles. The summed E-state index contributed by atoms with van der Waals surface area (Å²) in [4.78, 5) is 20.1. The fourth-order valence-electron chi connectivity index (χ4n) is 3.07. The van der Waals surface area contributed by atoms with E-state index in [0.29, 0.717) is 33.6 Å². The van der Waals surface area contributed by atoms with Crippen LogP contribution in [0, 0.1) is 0 Å². The van der Waals surface area contributed by atoms with Crippen molar-refractivity contribution in [1.82, 2.24) is 20.2 Å². The Morgan fingerprint density at radius 2 is 1.58 bits per heavy atom. The van der Waals surface area contributed by atoms with E-state index in [0.717, 1.165) is 11.1 Å². The molecule has 124 valence electrons. The maximum atomic E-state index is 12.8. The van der Waals surface area contributed by atoms with Crippen LogP contribution in [-0.4, -0.2) is 20.2 Å². The van der Waals surface area contributed by atoms with Crippen molar-refractivity contribution in [2.24, 2.45) is 0 Å². The molecule has 5 rings (SSSR count). The van der Waals surface area contributed by atoms with E-state index in [1.807, 2.05) is 36.4 Å². The largest absolute Gasteiger partial charge is 0.416 e. The Morgan fingerprint density at radius 1 is 0.808 bits per heavy atom. The number of hydrogen-bond acceptors (Lipinski definition) is 5. The molecule has 0 unspecified atom stereocenters. The van der Waals surface area contributed by atoms with Crippen LogP contribution in [0.4, 0.5) is 0 Å². The highest BCUT2D eigenvalue weighted by Gasteiger charge is 2.15. The van der Waals surface area contributed by atoms with Gasteiger partial charge in [-0.1, -0.05) is 18.2 Å². The standard InChI is InChI=1S/C20H12N4O2/c25-18-13-4-1-2-7-16(13)22-17-14(18)5-3-6-15(17)20-24-23-19(26-20)12-8-10-21-11-9-12/h1-11H,(H,22,25). The summed E-state index contributed by atoms with van der Waals surface area (Å²) in [6.07, 6.45) is 3.33. The molecule has 6 nitrogen and oxygen atoms in total. The van der Waals surface area contributed by atoms with Crippen LogP contribution >= 0.6 is 0 Å². The highest BCUT2D eigenvalue weighted by atomic mass is 16.4. The van der Waals surface area contributed by atoms with Crippen LogP contribution in [0.1, 0.15) is 0 Å². The number of aromatic amines is 1. The van der Waals surface area contributed by atoms with Crippen molar-refractivity contribution in [2.75, 3.05) is 0 Å². The van der Waals surface area contributed by atoms with Gasteiger partial charge in [0, 0.05) is 34.2 Å². The summed E-state index contributed by atoms with van der Waals surface area (Å²) in [5.41, 5.74) is 2.91. The van der Waals surface area contributed by atoms with E-state index in [1.54, 1.807) is 30.6 Å². The van der Waals surface area contributed by atoms with Gasteiger partial charge in [0.2, 0.25) is 11.8 Å². The number of H-pyrrole nitrogens is 1. The molecule has 1 N–H and O–H groups in total. The van der Waals surface area contributed by atoms with Gasteiger partial charge in [0.25, 0.3) is 0 Å². The molecule has 0 aliphatic heterocycles. The van der Waals surface area contributed by atoms with Crippen molar-refractivity contribution in [3.05, 3.63) is 77.2 Å². The van der Waals surface area contributed by atoms with E-state index >= 15 is 0 Å². The van der Waals surface area contributed by atoms with Crippen LogP contribution in [0.25, 0.3) is 44.7 Å². The summed E-state index contributed by atoms with van der Waals surface area (Å²) in [6, 6.07) is 16.5. The number of nitrogens with zero attached hydrogens (tertiary/aromatic N) is 3. The van der Waals surface area contributed by atoms with Gasteiger partial charge in [0.1, 0.15) is 0 Å². The molecule has 0 saturated carbocycles. The van der Waals surface area contributed by atoms with Crippen LogP contribution in [0.2, 0.25) is 0 Å². The summed E-state index contributed by atoms with van der Waals surface area (Å²) in [5, 5.41) is 9.52. The summed E-state index contributed by atoms with van der Waals surface area (Å²) >= 11 is 0. The number of hydrogen-bond donors (Lipinski definition) is 1. The first-order chi connectivity index (χ1) is 12.8. The fourth-order valence-corrected chi connectivity index (χ4v) is 3.07. The Hall–Kier alpha value is -3.80. The quantitative estimate of drug-likeness (QED) is 0.494. The lowest BCUT2D eigenvalue weighted by Gasteiger charge is -2.05. The van der Waals surface area contributed by atoms with Crippen LogP contribution in [0.5, 0.6) is 0 Å². The van der Waals surface area contributed by atoms with Gasteiger partial charge in [-0.2, -0.15) is 0 Å². The third-order valence-corrected chi connectivity index (χ3v) is 4.32. The van der Waals surface area contributed by atoms with Gasteiger partial charge in [0.05, 0.1) is 11.1 Å². The van der Waals surface area contributed by atoms with E-state index in [4.69, 9.17) is 4.42 Å². The van der Waals surface area contributed by atoms with Crippen molar-refractivity contribution in [2.45, 2.75) is 0 Å². The minimum Gasteiger partial charge on any atom is -0.416 e. The average molecular weight is 340 g/mol. The van der Waals surface area contributed by atoms with Crippen LogP contribution in [0.3, 0.4) is 0 Å². The molecule has 0 aliphatic rings. The second kappa shape index (κ2) is 5.63. The molecule has 26 heavy (non-hydrogen) atoms. The SMILES string of the molecule is O=c1c2ccccc2[nH]c2c(-c3nnc(-c4ccncc4)o3)cccc12. The lowest BCUT2D eigenvalue weighted by atomic mass is 10.1. The lowest BCUT2D eigenvalue weighted by Crippen LogP contribution is -2.04. The van der Waals surface area contributed by atoms with Gasteiger partial charge < -0.3 is 9.40 Å².